The molecule has 2 amide bonds. The number of amides is 2. The Balaban J connectivity index is 1.73. The molecule has 2 N–H and O–H groups in total. The summed E-state index contributed by atoms with van der Waals surface area (Å²) in [4.78, 5) is 23.7. The van der Waals surface area contributed by atoms with Gasteiger partial charge in [-0.05, 0) is 31.0 Å². The van der Waals surface area contributed by atoms with Gasteiger partial charge in [0, 0.05) is 17.5 Å². The Labute approximate surface area is 153 Å². The van der Waals surface area contributed by atoms with Crippen molar-refractivity contribution in [3.63, 3.8) is 0 Å². The smallest absolute Gasteiger partial charge is 0.239 e. The van der Waals surface area contributed by atoms with Crippen LogP contribution < -0.4 is 10.6 Å². The Kier molecular flexibility index (Phi) is 7.25. The molecule has 8 heteroatoms. The van der Waals surface area contributed by atoms with Crippen molar-refractivity contribution in [2.75, 3.05) is 12.3 Å². The summed E-state index contributed by atoms with van der Waals surface area (Å²) in [6, 6.07) is 6.10. The molecule has 6 nitrogen and oxygen atoms in total. The molecular weight excluding hydrogens is 364 g/mol. The van der Waals surface area contributed by atoms with Crippen molar-refractivity contribution in [3.8, 4) is 0 Å². The summed E-state index contributed by atoms with van der Waals surface area (Å²) < 4.78 is 24.3. The van der Waals surface area contributed by atoms with E-state index in [-0.39, 0.29) is 35.6 Å². The number of benzene rings is 1. The first kappa shape index (κ1) is 19.7. The second kappa shape index (κ2) is 9.20. The second-order valence-electron chi connectivity index (χ2n) is 6.21. The fourth-order valence-corrected chi connectivity index (χ4v) is 4.34. The lowest BCUT2D eigenvalue weighted by atomic mass is 9.95. The molecule has 1 aromatic rings. The minimum atomic E-state index is -3.58. The summed E-state index contributed by atoms with van der Waals surface area (Å²) in [6.45, 7) is -0.132. The third kappa shape index (κ3) is 6.66. The van der Waals surface area contributed by atoms with Crippen molar-refractivity contribution >= 4 is 33.3 Å². The molecule has 0 radical (unpaired) electrons. The van der Waals surface area contributed by atoms with Gasteiger partial charge in [0.05, 0.1) is 17.2 Å². The minimum Gasteiger partial charge on any atom is -0.352 e. The van der Waals surface area contributed by atoms with Crippen LogP contribution in [0.5, 0.6) is 0 Å². The predicted octanol–water partition coefficient (Wildman–Crippen LogP) is 2.07. The zero-order chi connectivity index (χ0) is 18.3. The van der Waals surface area contributed by atoms with E-state index < -0.39 is 15.7 Å². The summed E-state index contributed by atoms with van der Waals surface area (Å²) in [5.74, 6) is -1.04. The molecule has 138 valence electrons. The van der Waals surface area contributed by atoms with Gasteiger partial charge in [-0.1, -0.05) is 36.9 Å². The largest absolute Gasteiger partial charge is 0.352 e. The molecule has 25 heavy (non-hydrogen) atoms. The molecule has 0 aromatic heterocycles. The molecule has 2 rings (SSSR count). The van der Waals surface area contributed by atoms with Crippen molar-refractivity contribution in [3.05, 3.63) is 29.3 Å². The van der Waals surface area contributed by atoms with Gasteiger partial charge in [-0.2, -0.15) is 0 Å². The molecule has 0 saturated heterocycles. The molecule has 0 unspecified atom stereocenters. The maximum atomic E-state index is 12.2. The summed E-state index contributed by atoms with van der Waals surface area (Å²) in [7, 11) is -3.58. The van der Waals surface area contributed by atoms with Gasteiger partial charge in [0.15, 0.2) is 9.84 Å². The Morgan fingerprint density at radius 3 is 2.52 bits per heavy atom. The standard InChI is InChI=1S/C17H23ClN2O4S/c18-13-5-4-8-15(11-13)25(23,24)10-9-16(21)19-12-17(22)20-14-6-2-1-3-7-14/h4-5,8,11,14H,1-3,6-7,9-10,12H2,(H,19,21)(H,20,22). The van der Waals surface area contributed by atoms with Crippen LogP contribution in [-0.4, -0.2) is 38.6 Å². The lowest BCUT2D eigenvalue weighted by molar-refractivity contribution is -0.126. The van der Waals surface area contributed by atoms with E-state index in [1.807, 2.05) is 0 Å². The average Bonchev–Trinajstić information content (AvgIpc) is 2.59. The highest BCUT2D eigenvalue weighted by Crippen LogP contribution is 2.18. The first-order valence-electron chi connectivity index (χ1n) is 8.41. The Hall–Kier alpha value is -1.60. The first-order valence-corrected chi connectivity index (χ1v) is 10.4. The van der Waals surface area contributed by atoms with E-state index in [4.69, 9.17) is 11.6 Å². The number of carbonyl (C=O) groups is 2. The number of nitrogens with one attached hydrogen (secondary N) is 2. The van der Waals surface area contributed by atoms with Crippen molar-refractivity contribution in [1.29, 1.82) is 0 Å². The Morgan fingerprint density at radius 2 is 1.84 bits per heavy atom. The van der Waals surface area contributed by atoms with Crippen LogP contribution in [-0.2, 0) is 19.4 Å². The van der Waals surface area contributed by atoms with Crippen LogP contribution in [0.15, 0.2) is 29.2 Å². The molecule has 1 fully saturated rings. The summed E-state index contributed by atoms with van der Waals surface area (Å²) in [5, 5.41) is 5.68. The molecule has 0 aliphatic heterocycles. The zero-order valence-corrected chi connectivity index (χ0v) is 15.5. The Bertz CT molecular complexity index is 715. The molecule has 1 aromatic carbocycles. The number of rotatable bonds is 7. The Morgan fingerprint density at radius 1 is 1.12 bits per heavy atom. The summed E-state index contributed by atoms with van der Waals surface area (Å²) >= 11 is 5.79. The first-order chi connectivity index (χ1) is 11.9. The van der Waals surface area contributed by atoms with Crippen LogP contribution in [0.25, 0.3) is 0 Å². The van der Waals surface area contributed by atoms with Gasteiger partial charge >= 0.3 is 0 Å². The van der Waals surface area contributed by atoms with Gasteiger partial charge in [0.1, 0.15) is 0 Å². The maximum Gasteiger partial charge on any atom is 0.239 e. The van der Waals surface area contributed by atoms with E-state index in [9.17, 15) is 18.0 Å². The van der Waals surface area contributed by atoms with E-state index in [1.165, 1.54) is 18.6 Å². The molecule has 1 aliphatic rings. The van der Waals surface area contributed by atoms with Crippen LogP contribution >= 0.6 is 11.6 Å². The van der Waals surface area contributed by atoms with Gasteiger partial charge in [0.25, 0.3) is 0 Å². The van der Waals surface area contributed by atoms with Crippen molar-refractivity contribution in [2.24, 2.45) is 0 Å². The highest BCUT2D eigenvalue weighted by Gasteiger charge is 2.18. The van der Waals surface area contributed by atoms with Gasteiger partial charge in [-0.25, -0.2) is 8.42 Å². The van der Waals surface area contributed by atoms with Gasteiger partial charge in [-0.3, -0.25) is 9.59 Å². The number of halogens is 1. The fourth-order valence-electron chi connectivity index (χ4n) is 2.80. The van der Waals surface area contributed by atoms with Gasteiger partial charge < -0.3 is 10.6 Å². The van der Waals surface area contributed by atoms with Crippen LogP contribution in [0.4, 0.5) is 0 Å². The quantitative estimate of drug-likeness (QED) is 0.750. The van der Waals surface area contributed by atoms with E-state index in [0.717, 1.165) is 25.7 Å². The van der Waals surface area contributed by atoms with E-state index in [0.29, 0.717) is 5.02 Å². The van der Waals surface area contributed by atoms with E-state index >= 15 is 0 Å². The maximum absolute atomic E-state index is 12.2. The van der Waals surface area contributed by atoms with Crippen molar-refractivity contribution in [1.82, 2.24) is 10.6 Å². The molecule has 1 aliphatic carbocycles. The van der Waals surface area contributed by atoms with Gasteiger partial charge in [0.2, 0.25) is 11.8 Å². The number of sulfone groups is 1. The van der Waals surface area contributed by atoms with Crippen molar-refractivity contribution in [2.45, 2.75) is 49.5 Å². The lowest BCUT2D eigenvalue weighted by Gasteiger charge is -2.22. The van der Waals surface area contributed by atoms with Crippen LogP contribution in [0.2, 0.25) is 5.02 Å². The highest BCUT2D eigenvalue weighted by molar-refractivity contribution is 7.91. The number of hydrogen-bond donors (Lipinski definition) is 2. The highest BCUT2D eigenvalue weighted by atomic mass is 35.5. The minimum absolute atomic E-state index is 0.0860. The average molecular weight is 387 g/mol. The van der Waals surface area contributed by atoms with Gasteiger partial charge in [-0.15, -0.1) is 0 Å². The van der Waals surface area contributed by atoms with E-state index in [1.54, 1.807) is 12.1 Å². The number of hydrogen-bond acceptors (Lipinski definition) is 4. The van der Waals surface area contributed by atoms with E-state index in [2.05, 4.69) is 10.6 Å². The third-order valence-electron chi connectivity index (χ3n) is 4.17. The van der Waals surface area contributed by atoms with Crippen LogP contribution in [0.1, 0.15) is 38.5 Å². The lowest BCUT2D eigenvalue weighted by Crippen LogP contribution is -2.42. The molecule has 0 spiro atoms. The monoisotopic (exact) mass is 386 g/mol. The summed E-state index contributed by atoms with van der Waals surface area (Å²) in [6.07, 6.45) is 5.15. The SMILES string of the molecule is O=C(CCS(=O)(=O)c1cccc(Cl)c1)NCC(=O)NC1CCCCC1. The van der Waals surface area contributed by atoms with Crippen LogP contribution in [0.3, 0.4) is 0 Å². The number of carbonyl (C=O) groups excluding carboxylic acids is 2. The molecule has 1 saturated carbocycles. The predicted molar refractivity (Wildman–Crippen MR) is 96.1 cm³/mol. The summed E-state index contributed by atoms with van der Waals surface area (Å²) in [5.41, 5.74) is 0. The topological polar surface area (TPSA) is 92.3 Å². The molecule has 0 bridgehead atoms. The third-order valence-corrected chi connectivity index (χ3v) is 6.12. The second-order valence-corrected chi connectivity index (χ2v) is 8.75. The van der Waals surface area contributed by atoms with Crippen LogP contribution in [0, 0.1) is 0 Å². The van der Waals surface area contributed by atoms with Crippen molar-refractivity contribution < 1.29 is 18.0 Å². The molecular formula is C17H23ClN2O4S. The fraction of sp³-hybridized carbons (Fsp3) is 0.529. The normalized spacial score (nSPS) is 15.6. The molecule has 0 heterocycles. The zero-order valence-electron chi connectivity index (χ0n) is 14.0. The molecule has 0 atom stereocenters.